The maximum Gasteiger partial charge on any atom is 0.336 e. The van der Waals surface area contributed by atoms with E-state index in [4.69, 9.17) is 20.1 Å². The van der Waals surface area contributed by atoms with Crippen LogP contribution in [0.5, 0.6) is 0 Å². The van der Waals surface area contributed by atoms with Crippen LogP contribution in [0, 0.1) is 0 Å². The molecule has 1 aromatic heterocycles. The van der Waals surface area contributed by atoms with Crippen LogP contribution in [-0.4, -0.2) is 73.5 Å². The Morgan fingerprint density at radius 1 is 0.818 bits per heavy atom. The quantitative estimate of drug-likeness (QED) is 0.235. The number of rotatable bonds is 11. The summed E-state index contributed by atoms with van der Waals surface area (Å²) in [7, 11) is 0. The van der Waals surface area contributed by atoms with Crippen molar-refractivity contribution in [3.05, 3.63) is 55.8 Å². The minimum Gasteiger partial charge on any atom is -0.460 e. The Morgan fingerprint density at radius 2 is 1.18 bits per heavy atom. The molecule has 3 N–H and O–H groups in total. The van der Waals surface area contributed by atoms with Gasteiger partial charge in [-0.25, -0.2) is 37.7 Å². The first-order valence-corrected chi connectivity index (χ1v) is 9.88. The second-order valence-corrected chi connectivity index (χ2v) is 6.89. The van der Waals surface area contributed by atoms with E-state index >= 15 is 0 Å². The van der Waals surface area contributed by atoms with Crippen LogP contribution in [-0.2, 0) is 38.7 Å². The molecule has 0 aliphatic carbocycles. The van der Waals surface area contributed by atoms with E-state index in [1.54, 1.807) is 13.8 Å². The predicted molar refractivity (Wildman–Crippen MR) is 117 cm³/mol. The summed E-state index contributed by atoms with van der Waals surface area (Å²) < 4.78 is 11.5. The maximum atomic E-state index is 12.1. The van der Waals surface area contributed by atoms with Gasteiger partial charge in [-0.3, -0.25) is 0 Å². The number of ether oxygens (including phenoxy) is 2. The van der Waals surface area contributed by atoms with Gasteiger partial charge in [0, 0.05) is 11.1 Å². The van der Waals surface area contributed by atoms with Gasteiger partial charge < -0.3 is 24.8 Å². The van der Waals surface area contributed by atoms with Gasteiger partial charge >= 0.3 is 29.0 Å². The monoisotopic (exact) mass is 473 g/mol. The lowest BCUT2D eigenvalue weighted by Crippen LogP contribution is -2.55. The number of aliphatic hydroxyl groups excluding tert-OH is 3. The summed E-state index contributed by atoms with van der Waals surface area (Å²) in [6, 6.07) is 0. The topological polar surface area (TPSA) is 179 Å². The highest BCUT2D eigenvalue weighted by Gasteiger charge is 2.15. The Morgan fingerprint density at radius 3 is 1.52 bits per heavy atom. The second kappa shape index (κ2) is 14.7. The fourth-order valence-corrected chi connectivity index (χ4v) is 2.13. The standard InChI is InChI=1S/C13H19N3O7.C7H12O3/c1-9(2)10(19)23-8-5-16-12(21)14(3-6-17)11(20)15(4-7-18)13(16)22;1-5(2)7(9)10-4-6(3)8/h17-18H,1,3-8H2,2H3;6,8H,1,4H2,2-3H3. The van der Waals surface area contributed by atoms with Crippen molar-refractivity contribution in [2.75, 3.05) is 26.4 Å². The van der Waals surface area contributed by atoms with Gasteiger partial charge in [-0.15, -0.1) is 0 Å². The normalized spacial score (nSPS) is 11.1. The minimum absolute atomic E-state index is 0.0334. The van der Waals surface area contributed by atoms with Gasteiger partial charge in [0.25, 0.3) is 0 Å². The zero-order chi connectivity index (χ0) is 25.7. The van der Waals surface area contributed by atoms with E-state index in [-0.39, 0.29) is 38.4 Å². The average Bonchev–Trinajstić information content (AvgIpc) is 2.74. The van der Waals surface area contributed by atoms with Gasteiger partial charge in [-0.1, -0.05) is 13.2 Å². The first kappa shape index (κ1) is 29.7. The molecule has 186 valence electrons. The van der Waals surface area contributed by atoms with E-state index in [0.29, 0.717) is 19.3 Å². The molecule has 0 fully saturated rings. The van der Waals surface area contributed by atoms with Gasteiger partial charge in [-0.05, 0) is 20.8 Å². The molecule has 0 aliphatic heterocycles. The zero-order valence-electron chi connectivity index (χ0n) is 19.0. The molecule has 0 radical (unpaired) electrons. The average molecular weight is 473 g/mol. The molecule has 1 aromatic rings. The van der Waals surface area contributed by atoms with Crippen LogP contribution in [0.2, 0.25) is 0 Å². The molecule has 0 spiro atoms. The van der Waals surface area contributed by atoms with E-state index in [1.165, 1.54) is 6.92 Å². The van der Waals surface area contributed by atoms with Gasteiger partial charge in [0.05, 0.1) is 39.0 Å². The van der Waals surface area contributed by atoms with Gasteiger partial charge in [0.2, 0.25) is 0 Å². The summed E-state index contributed by atoms with van der Waals surface area (Å²) in [5.74, 6) is -1.13. The fraction of sp³-hybridized carbons (Fsp3) is 0.550. The molecule has 0 aliphatic rings. The van der Waals surface area contributed by atoms with E-state index < -0.39 is 48.3 Å². The van der Waals surface area contributed by atoms with Crippen LogP contribution in [0.4, 0.5) is 0 Å². The Hall–Kier alpha value is -3.29. The molecule has 1 heterocycles. The largest absolute Gasteiger partial charge is 0.460 e. The number of hydrogen-bond acceptors (Lipinski definition) is 10. The van der Waals surface area contributed by atoms with Gasteiger partial charge in [-0.2, -0.15) is 0 Å². The summed E-state index contributed by atoms with van der Waals surface area (Å²) in [6.45, 7) is 9.28. The smallest absolute Gasteiger partial charge is 0.336 e. The molecule has 13 heteroatoms. The summed E-state index contributed by atoms with van der Waals surface area (Å²) in [4.78, 5) is 58.2. The number of nitrogens with zero attached hydrogens (tertiary/aromatic N) is 3. The second-order valence-electron chi connectivity index (χ2n) is 6.89. The Kier molecular flexibility index (Phi) is 13.2. The lowest BCUT2D eigenvalue weighted by atomic mass is 10.3. The maximum absolute atomic E-state index is 12.1. The molecular weight excluding hydrogens is 442 g/mol. The number of hydrogen-bond donors (Lipinski definition) is 3. The Labute approximate surface area is 189 Å². The molecule has 0 amide bonds. The molecule has 0 bridgehead atoms. The summed E-state index contributed by atoms with van der Waals surface area (Å²) in [5, 5.41) is 26.5. The fourth-order valence-electron chi connectivity index (χ4n) is 2.13. The molecule has 0 saturated carbocycles. The highest BCUT2D eigenvalue weighted by atomic mass is 16.5. The van der Waals surface area contributed by atoms with E-state index in [9.17, 15) is 24.0 Å². The van der Waals surface area contributed by atoms with Crippen molar-refractivity contribution in [3.8, 4) is 0 Å². The molecule has 0 aromatic carbocycles. The van der Waals surface area contributed by atoms with Crippen molar-refractivity contribution in [1.82, 2.24) is 13.7 Å². The predicted octanol–water partition coefficient (Wildman–Crippen LogP) is -2.24. The van der Waals surface area contributed by atoms with Crippen LogP contribution < -0.4 is 17.1 Å². The first-order valence-electron chi connectivity index (χ1n) is 9.88. The number of aliphatic hydroxyl groups is 3. The van der Waals surface area contributed by atoms with Crippen molar-refractivity contribution in [2.45, 2.75) is 46.5 Å². The minimum atomic E-state index is -0.922. The van der Waals surface area contributed by atoms with Crippen molar-refractivity contribution in [2.24, 2.45) is 0 Å². The van der Waals surface area contributed by atoms with Crippen LogP contribution in [0.15, 0.2) is 38.7 Å². The lowest BCUT2D eigenvalue weighted by molar-refractivity contribution is -0.141. The highest BCUT2D eigenvalue weighted by molar-refractivity contribution is 5.87. The number of esters is 2. The van der Waals surface area contributed by atoms with Crippen LogP contribution in [0.1, 0.15) is 20.8 Å². The summed E-state index contributed by atoms with van der Waals surface area (Å²) >= 11 is 0. The van der Waals surface area contributed by atoms with Crippen molar-refractivity contribution in [3.63, 3.8) is 0 Å². The van der Waals surface area contributed by atoms with Crippen LogP contribution in [0.3, 0.4) is 0 Å². The van der Waals surface area contributed by atoms with Crippen molar-refractivity contribution < 1.29 is 34.4 Å². The highest BCUT2D eigenvalue weighted by Crippen LogP contribution is 1.93. The van der Waals surface area contributed by atoms with Crippen molar-refractivity contribution >= 4 is 11.9 Å². The molecule has 33 heavy (non-hydrogen) atoms. The van der Waals surface area contributed by atoms with Crippen LogP contribution in [0.25, 0.3) is 0 Å². The van der Waals surface area contributed by atoms with Crippen molar-refractivity contribution in [1.29, 1.82) is 0 Å². The molecule has 0 saturated heterocycles. The number of carbonyl (C=O) groups is 2. The third-order valence-corrected chi connectivity index (χ3v) is 3.73. The first-order chi connectivity index (χ1) is 15.4. The molecular formula is C20H31N3O10. The summed E-state index contributed by atoms with van der Waals surface area (Å²) in [5.41, 5.74) is -2.25. The molecule has 1 rings (SSSR count). The molecule has 1 unspecified atom stereocenters. The zero-order valence-corrected chi connectivity index (χ0v) is 19.0. The molecule has 13 nitrogen and oxygen atoms in total. The Bertz CT molecular complexity index is 972. The third-order valence-electron chi connectivity index (χ3n) is 3.73. The van der Waals surface area contributed by atoms with Gasteiger partial charge in [0.1, 0.15) is 13.2 Å². The third kappa shape index (κ3) is 9.80. The van der Waals surface area contributed by atoms with E-state index in [2.05, 4.69) is 17.9 Å². The summed E-state index contributed by atoms with van der Waals surface area (Å²) in [6.07, 6.45) is -0.608. The SMILES string of the molecule is C=C(C)C(=O)OCC(C)O.C=C(C)C(=O)OCCn1c(=O)n(CCO)c(=O)n(CCO)c1=O. The number of aromatic nitrogens is 3. The lowest BCUT2D eigenvalue weighted by Gasteiger charge is -2.13. The molecule has 1 atom stereocenters. The van der Waals surface area contributed by atoms with E-state index in [1.807, 2.05) is 0 Å². The Balaban J connectivity index is 0.000000861. The number of carbonyl (C=O) groups excluding carboxylic acids is 2. The van der Waals surface area contributed by atoms with Gasteiger partial charge in [0.15, 0.2) is 0 Å². The van der Waals surface area contributed by atoms with Crippen LogP contribution >= 0.6 is 0 Å². The van der Waals surface area contributed by atoms with E-state index in [0.717, 1.165) is 0 Å².